The summed E-state index contributed by atoms with van der Waals surface area (Å²) in [5.74, 6) is 0. The highest BCUT2D eigenvalue weighted by Gasteiger charge is 2.31. The van der Waals surface area contributed by atoms with Crippen molar-refractivity contribution in [2.24, 2.45) is 5.41 Å². The molecule has 0 aliphatic heterocycles. The summed E-state index contributed by atoms with van der Waals surface area (Å²) in [6.45, 7) is 7.80. The zero-order valence-corrected chi connectivity index (χ0v) is 13.4. The molecule has 0 radical (unpaired) electrons. The maximum absolute atomic E-state index is 4.57. The number of rotatable bonds is 3. The number of hydrogen-bond acceptors (Lipinski definition) is 2. The van der Waals surface area contributed by atoms with Gasteiger partial charge in [-0.2, -0.15) is 0 Å². The van der Waals surface area contributed by atoms with Crippen LogP contribution in [0.5, 0.6) is 0 Å². The zero-order chi connectivity index (χ0) is 14.9. The Kier molecular flexibility index (Phi) is 3.99. The van der Waals surface area contributed by atoms with E-state index in [2.05, 4.69) is 54.5 Å². The molecular formula is C19H26N2. The van der Waals surface area contributed by atoms with Crippen LogP contribution in [-0.4, -0.2) is 11.0 Å². The topological polar surface area (TPSA) is 24.9 Å². The molecule has 1 saturated carbocycles. The highest BCUT2D eigenvalue weighted by Crippen LogP contribution is 2.35. The highest BCUT2D eigenvalue weighted by molar-refractivity contribution is 5.79. The van der Waals surface area contributed by atoms with Gasteiger partial charge in [0.25, 0.3) is 0 Å². The van der Waals surface area contributed by atoms with E-state index in [1.165, 1.54) is 36.6 Å². The van der Waals surface area contributed by atoms with Gasteiger partial charge in [-0.15, -0.1) is 0 Å². The maximum Gasteiger partial charge on any atom is 0.0705 e. The van der Waals surface area contributed by atoms with E-state index in [0.29, 0.717) is 11.5 Å². The van der Waals surface area contributed by atoms with Crippen LogP contribution >= 0.6 is 0 Å². The standard InChI is InChI=1S/C19H26N2/c1-14-7-9-16-12-15(8-10-17(16)21-14)13-20-18-6-4-5-11-19(18,2)3/h7-10,12,18,20H,4-6,11,13H2,1-3H3. The Morgan fingerprint density at radius 2 is 2.05 bits per heavy atom. The fourth-order valence-electron chi connectivity index (χ4n) is 3.50. The largest absolute Gasteiger partial charge is 0.309 e. The van der Waals surface area contributed by atoms with Gasteiger partial charge in [-0.3, -0.25) is 4.98 Å². The third kappa shape index (κ3) is 3.26. The number of benzene rings is 1. The van der Waals surface area contributed by atoms with Crippen molar-refractivity contribution in [3.05, 3.63) is 41.6 Å². The first kappa shape index (κ1) is 14.5. The van der Waals surface area contributed by atoms with Crippen molar-refractivity contribution in [1.82, 2.24) is 10.3 Å². The van der Waals surface area contributed by atoms with Crippen molar-refractivity contribution in [2.75, 3.05) is 0 Å². The number of aryl methyl sites for hydroxylation is 1. The molecule has 1 N–H and O–H groups in total. The molecule has 1 unspecified atom stereocenters. The first-order valence-electron chi connectivity index (χ1n) is 8.14. The molecule has 1 atom stereocenters. The van der Waals surface area contributed by atoms with Gasteiger partial charge in [0.1, 0.15) is 0 Å². The molecule has 1 aliphatic carbocycles. The van der Waals surface area contributed by atoms with E-state index < -0.39 is 0 Å². The van der Waals surface area contributed by atoms with Gasteiger partial charge in [-0.25, -0.2) is 0 Å². The molecule has 1 aromatic heterocycles. The normalized spacial score (nSPS) is 21.6. The molecule has 0 saturated heterocycles. The van der Waals surface area contributed by atoms with Crippen LogP contribution in [0.1, 0.15) is 50.8 Å². The molecule has 1 fully saturated rings. The fourth-order valence-corrected chi connectivity index (χ4v) is 3.50. The smallest absolute Gasteiger partial charge is 0.0705 e. The third-order valence-corrected chi connectivity index (χ3v) is 4.95. The average molecular weight is 282 g/mol. The van der Waals surface area contributed by atoms with Gasteiger partial charge < -0.3 is 5.32 Å². The van der Waals surface area contributed by atoms with Crippen LogP contribution in [0.2, 0.25) is 0 Å². The second kappa shape index (κ2) is 5.76. The van der Waals surface area contributed by atoms with E-state index in [4.69, 9.17) is 0 Å². The minimum atomic E-state index is 0.424. The summed E-state index contributed by atoms with van der Waals surface area (Å²) in [6.07, 6.45) is 5.39. The van der Waals surface area contributed by atoms with E-state index in [-0.39, 0.29) is 0 Å². The Balaban J connectivity index is 1.71. The predicted molar refractivity (Wildman–Crippen MR) is 89.4 cm³/mol. The molecule has 112 valence electrons. The van der Waals surface area contributed by atoms with Crippen molar-refractivity contribution in [3.8, 4) is 0 Å². The Morgan fingerprint density at radius 3 is 2.86 bits per heavy atom. The van der Waals surface area contributed by atoms with E-state index in [9.17, 15) is 0 Å². The van der Waals surface area contributed by atoms with Crippen LogP contribution in [-0.2, 0) is 6.54 Å². The van der Waals surface area contributed by atoms with Gasteiger partial charge in [-0.05, 0) is 48.9 Å². The van der Waals surface area contributed by atoms with Crippen LogP contribution in [0.25, 0.3) is 10.9 Å². The lowest BCUT2D eigenvalue weighted by Gasteiger charge is -2.39. The van der Waals surface area contributed by atoms with Crippen molar-refractivity contribution in [2.45, 2.75) is 59.0 Å². The quantitative estimate of drug-likeness (QED) is 0.889. The SMILES string of the molecule is Cc1ccc2cc(CNC3CCCCC3(C)C)ccc2n1. The molecule has 0 amide bonds. The number of aromatic nitrogens is 1. The van der Waals surface area contributed by atoms with Gasteiger partial charge in [-0.1, -0.05) is 38.8 Å². The lowest BCUT2D eigenvalue weighted by molar-refractivity contribution is 0.167. The van der Waals surface area contributed by atoms with Gasteiger partial charge >= 0.3 is 0 Å². The van der Waals surface area contributed by atoms with Crippen LogP contribution in [0, 0.1) is 12.3 Å². The minimum absolute atomic E-state index is 0.424. The van der Waals surface area contributed by atoms with E-state index in [0.717, 1.165) is 17.8 Å². The number of nitrogens with one attached hydrogen (secondary N) is 1. The van der Waals surface area contributed by atoms with Crippen LogP contribution in [0.4, 0.5) is 0 Å². The van der Waals surface area contributed by atoms with Crippen LogP contribution in [0.15, 0.2) is 30.3 Å². The maximum atomic E-state index is 4.57. The summed E-state index contributed by atoms with van der Waals surface area (Å²) in [7, 11) is 0. The monoisotopic (exact) mass is 282 g/mol. The third-order valence-electron chi connectivity index (χ3n) is 4.95. The predicted octanol–water partition coefficient (Wildman–Crippen LogP) is 4.60. The lowest BCUT2D eigenvalue weighted by Crippen LogP contribution is -2.43. The Morgan fingerprint density at radius 1 is 1.19 bits per heavy atom. The van der Waals surface area contributed by atoms with Gasteiger partial charge in [0.2, 0.25) is 0 Å². The molecule has 0 spiro atoms. The van der Waals surface area contributed by atoms with Gasteiger partial charge in [0.05, 0.1) is 5.52 Å². The molecular weight excluding hydrogens is 256 g/mol. The molecule has 1 heterocycles. The summed E-state index contributed by atoms with van der Waals surface area (Å²) in [6, 6.07) is 11.5. The molecule has 2 nitrogen and oxygen atoms in total. The van der Waals surface area contributed by atoms with Crippen molar-refractivity contribution < 1.29 is 0 Å². The summed E-state index contributed by atoms with van der Waals surface area (Å²) >= 11 is 0. The summed E-state index contributed by atoms with van der Waals surface area (Å²) in [4.78, 5) is 4.57. The second-order valence-corrected chi connectivity index (χ2v) is 7.15. The molecule has 2 aromatic rings. The second-order valence-electron chi connectivity index (χ2n) is 7.15. The highest BCUT2D eigenvalue weighted by atomic mass is 14.9. The molecule has 1 aromatic carbocycles. The molecule has 3 rings (SSSR count). The number of fused-ring (bicyclic) bond motifs is 1. The Hall–Kier alpha value is -1.41. The van der Waals surface area contributed by atoms with Gasteiger partial charge in [0, 0.05) is 23.7 Å². The zero-order valence-electron chi connectivity index (χ0n) is 13.4. The summed E-state index contributed by atoms with van der Waals surface area (Å²) in [5, 5.41) is 5.02. The van der Waals surface area contributed by atoms with Crippen molar-refractivity contribution >= 4 is 10.9 Å². The lowest BCUT2D eigenvalue weighted by atomic mass is 9.73. The van der Waals surface area contributed by atoms with Crippen molar-refractivity contribution in [1.29, 1.82) is 0 Å². The van der Waals surface area contributed by atoms with E-state index >= 15 is 0 Å². The van der Waals surface area contributed by atoms with E-state index in [1.54, 1.807) is 0 Å². The number of pyridine rings is 1. The molecule has 0 bridgehead atoms. The first-order chi connectivity index (χ1) is 10.0. The number of hydrogen-bond donors (Lipinski definition) is 1. The Labute approximate surface area is 128 Å². The fraction of sp³-hybridized carbons (Fsp3) is 0.526. The first-order valence-corrected chi connectivity index (χ1v) is 8.14. The summed E-state index contributed by atoms with van der Waals surface area (Å²) < 4.78 is 0. The summed E-state index contributed by atoms with van der Waals surface area (Å²) in [5.41, 5.74) is 3.96. The Bertz CT molecular complexity index is 630. The van der Waals surface area contributed by atoms with E-state index in [1.807, 2.05) is 6.92 Å². The molecule has 2 heteroatoms. The van der Waals surface area contributed by atoms with Gasteiger partial charge in [0.15, 0.2) is 0 Å². The average Bonchev–Trinajstić information content (AvgIpc) is 2.45. The molecule has 21 heavy (non-hydrogen) atoms. The number of nitrogens with zero attached hydrogens (tertiary/aromatic N) is 1. The minimum Gasteiger partial charge on any atom is -0.309 e. The van der Waals surface area contributed by atoms with Crippen LogP contribution < -0.4 is 5.32 Å². The molecule has 1 aliphatic rings. The van der Waals surface area contributed by atoms with Crippen molar-refractivity contribution in [3.63, 3.8) is 0 Å². The van der Waals surface area contributed by atoms with Crippen LogP contribution in [0.3, 0.4) is 0 Å².